The van der Waals surface area contributed by atoms with E-state index >= 15 is 0 Å². The molecule has 3 amide bonds. The summed E-state index contributed by atoms with van der Waals surface area (Å²) in [6.07, 6.45) is 2.34. The minimum atomic E-state index is -0.614. The number of hydrogen-bond acceptors (Lipinski definition) is 7. The largest absolute Gasteiger partial charge is 0.444 e. The van der Waals surface area contributed by atoms with Gasteiger partial charge in [0.05, 0.1) is 17.0 Å². The highest BCUT2D eigenvalue weighted by Gasteiger charge is 2.52. The number of alkyl carbamates (subject to hydrolysis) is 1. The molecule has 0 bridgehead atoms. The maximum atomic E-state index is 12.6. The van der Waals surface area contributed by atoms with Crippen molar-refractivity contribution in [3.8, 4) is 0 Å². The number of fused-ring (bicyclic) bond motifs is 1. The summed E-state index contributed by atoms with van der Waals surface area (Å²) < 4.78 is 5.23. The Morgan fingerprint density at radius 3 is 2.29 bits per heavy atom. The van der Waals surface area contributed by atoms with Crippen molar-refractivity contribution in [3.63, 3.8) is 0 Å². The molecule has 9 heteroatoms. The number of amides is 3. The molecule has 8 nitrogen and oxygen atoms in total. The monoisotopic (exact) mass is 446 g/mol. The smallest absolute Gasteiger partial charge is 0.407 e. The van der Waals surface area contributed by atoms with Crippen LogP contribution in [0, 0.1) is 5.92 Å². The van der Waals surface area contributed by atoms with Gasteiger partial charge in [-0.1, -0.05) is 17.2 Å². The summed E-state index contributed by atoms with van der Waals surface area (Å²) in [5.41, 5.74) is -0.0748. The second-order valence-corrected chi connectivity index (χ2v) is 10.9. The van der Waals surface area contributed by atoms with E-state index in [0.717, 1.165) is 18.6 Å². The Bertz CT molecular complexity index is 899. The van der Waals surface area contributed by atoms with Crippen LogP contribution in [0.4, 0.5) is 4.79 Å². The maximum Gasteiger partial charge on any atom is 0.407 e. The van der Waals surface area contributed by atoms with Crippen LogP contribution in [-0.2, 0) is 14.4 Å². The molecular formula is C22H26N2O6S. The molecule has 1 spiro atoms. The van der Waals surface area contributed by atoms with E-state index in [9.17, 15) is 19.2 Å². The lowest BCUT2D eigenvalue weighted by atomic mass is 9.70. The average molecular weight is 447 g/mol. The molecule has 2 fully saturated rings. The summed E-state index contributed by atoms with van der Waals surface area (Å²) in [6, 6.07) is 6.39. The molecule has 1 saturated carbocycles. The van der Waals surface area contributed by atoms with E-state index in [1.165, 1.54) is 12.1 Å². The Hall–Kier alpha value is -2.55. The molecule has 2 heterocycles. The molecule has 1 aromatic carbocycles. The molecule has 166 valence electrons. The quantitative estimate of drug-likeness (QED) is 0.711. The van der Waals surface area contributed by atoms with E-state index in [-0.39, 0.29) is 27.8 Å². The lowest BCUT2D eigenvalue weighted by Gasteiger charge is -2.50. The standard InChI is InChI=1S/C22H26N2O6S/c1-21(2,3)29-20(28)23-14-8-9-31-22(12-14)10-13(11-22)19(27)30-24-17(25)15-6-4-5-7-16(15)18(24)26/h4-7,13-14H,8-12H2,1-3H3,(H,23,28). The van der Waals surface area contributed by atoms with Gasteiger partial charge in [-0.25, -0.2) is 9.59 Å². The lowest BCUT2D eigenvalue weighted by molar-refractivity contribution is -0.177. The van der Waals surface area contributed by atoms with Crippen LogP contribution in [0.2, 0.25) is 0 Å². The predicted octanol–water partition coefficient (Wildman–Crippen LogP) is 3.31. The SMILES string of the molecule is CC(C)(C)OC(=O)NC1CCSC2(C1)CC(C(=O)ON1C(=O)c3ccccc3C1=O)C2. The summed E-state index contributed by atoms with van der Waals surface area (Å²) in [4.78, 5) is 54.6. The third-order valence-electron chi connectivity index (χ3n) is 5.72. The molecule has 1 saturated heterocycles. The first kappa shape index (κ1) is 21.7. The van der Waals surface area contributed by atoms with E-state index in [1.54, 1.807) is 23.9 Å². The van der Waals surface area contributed by atoms with E-state index in [2.05, 4.69) is 5.32 Å². The minimum absolute atomic E-state index is 0.00990. The van der Waals surface area contributed by atoms with Crippen molar-refractivity contribution in [2.75, 3.05) is 5.75 Å². The summed E-state index contributed by atoms with van der Waals surface area (Å²) >= 11 is 1.80. The second kappa shape index (κ2) is 7.85. The first-order chi connectivity index (χ1) is 14.6. The van der Waals surface area contributed by atoms with E-state index in [4.69, 9.17) is 9.57 Å². The fraction of sp³-hybridized carbons (Fsp3) is 0.545. The van der Waals surface area contributed by atoms with Crippen LogP contribution >= 0.6 is 11.8 Å². The van der Waals surface area contributed by atoms with E-state index in [1.807, 2.05) is 20.8 Å². The van der Waals surface area contributed by atoms with Gasteiger partial charge in [0.15, 0.2) is 0 Å². The second-order valence-electron chi connectivity index (χ2n) is 9.33. The van der Waals surface area contributed by atoms with Gasteiger partial charge in [0.25, 0.3) is 11.8 Å². The van der Waals surface area contributed by atoms with Gasteiger partial charge in [0, 0.05) is 10.8 Å². The Labute approximate surface area is 185 Å². The third-order valence-corrected chi connectivity index (χ3v) is 7.27. The van der Waals surface area contributed by atoms with Gasteiger partial charge < -0.3 is 14.9 Å². The summed E-state index contributed by atoms with van der Waals surface area (Å²) in [5, 5.41) is 3.50. The highest BCUT2D eigenvalue weighted by Crippen LogP contribution is 2.54. The molecule has 31 heavy (non-hydrogen) atoms. The molecule has 1 atom stereocenters. The fourth-order valence-electron chi connectivity index (χ4n) is 4.33. The Kier molecular flexibility index (Phi) is 5.49. The van der Waals surface area contributed by atoms with Crippen molar-refractivity contribution >= 4 is 35.6 Å². The van der Waals surface area contributed by atoms with Crippen LogP contribution in [0.15, 0.2) is 24.3 Å². The molecule has 4 rings (SSSR count). The summed E-state index contributed by atoms with van der Waals surface area (Å²) in [6.45, 7) is 5.46. The number of hydrogen-bond donors (Lipinski definition) is 1. The van der Waals surface area contributed by atoms with Crippen molar-refractivity contribution in [2.45, 2.75) is 62.8 Å². The molecule has 2 aliphatic heterocycles. The van der Waals surface area contributed by atoms with Crippen LogP contribution in [0.25, 0.3) is 0 Å². The van der Waals surface area contributed by atoms with Crippen molar-refractivity contribution in [1.29, 1.82) is 0 Å². The molecule has 3 aliphatic rings. The lowest BCUT2D eigenvalue weighted by Crippen LogP contribution is -2.53. The topological polar surface area (TPSA) is 102 Å². The molecule has 0 aromatic heterocycles. The number of ether oxygens (including phenoxy) is 1. The minimum Gasteiger partial charge on any atom is -0.444 e. The van der Waals surface area contributed by atoms with Gasteiger partial charge in [-0.05, 0) is 64.3 Å². The number of carbonyl (C=O) groups is 4. The number of carbonyl (C=O) groups excluding carboxylic acids is 4. The van der Waals surface area contributed by atoms with Gasteiger partial charge in [0.2, 0.25) is 0 Å². The van der Waals surface area contributed by atoms with E-state index in [0.29, 0.717) is 17.9 Å². The molecule has 1 aliphatic carbocycles. The van der Waals surface area contributed by atoms with Crippen molar-refractivity contribution < 1.29 is 28.8 Å². The highest BCUT2D eigenvalue weighted by atomic mass is 32.2. The summed E-state index contributed by atoms with van der Waals surface area (Å²) in [5.74, 6) is -1.30. The Morgan fingerprint density at radius 1 is 1.10 bits per heavy atom. The number of rotatable bonds is 3. The van der Waals surface area contributed by atoms with Gasteiger partial charge >= 0.3 is 12.1 Å². The van der Waals surface area contributed by atoms with Gasteiger partial charge in [-0.15, -0.1) is 0 Å². The number of benzene rings is 1. The van der Waals surface area contributed by atoms with Crippen LogP contribution < -0.4 is 5.32 Å². The molecule has 1 N–H and O–H groups in total. The molecule has 1 unspecified atom stereocenters. The van der Waals surface area contributed by atoms with Crippen molar-refractivity contribution in [3.05, 3.63) is 35.4 Å². The van der Waals surface area contributed by atoms with Crippen LogP contribution in [-0.4, -0.2) is 51.1 Å². The predicted molar refractivity (Wildman–Crippen MR) is 113 cm³/mol. The molecule has 0 radical (unpaired) electrons. The highest BCUT2D eigenvalue weighted by molar-refractivity contribution is 8.00. The first-order valence-electron chi connectivity index (χ1n) is 10.4. The van der Waals surface area contributed by atoms with Crippen LogP contribution in [0.5, 0.6) is 0 Å². The Balaban J connectivity index is 1.30. The number of nitrogens with one attached hydrogen (secondary N) is 1. The van der Waals surface area contributed by atoms with Crippen molar-refractivity contribution in [1.82, 2.24) is 10.4 Å². The zero-order valence-electron chi connectivity index (χ0n) is 17.8. The van der Waals surface area contributed by atoms with Crippen LogP contribution in [0.1, 0.15) is 67.2 Å². The van der Waals surface area contributed by atoms with Gasteiger partial charge in [-0.2, -0.15) is 11.8 Å². The molecular weight excluding hydrogens is 420 g/mol. The number of nitrogens with zero attached hydrogens (tertiary/aromatic N) is 1. The fourth-order valence-corrected chi connectivity index (χ4v) is 6.12. The Morgan fingerprint density at radius 2 is 1.71 bits per heavy atom. The zero-order valence-corrected chi connectivity index (χ0v) is 18.6. The van der Waals surface area contributed by atoms with Crippen LogP contribution in [0.3, 0.4) is 0 Å². The maximum absolute atomic E-state index is 12.6. The first-order valence-corrected chi connectivity index (χ1v) is 11.4. The normalized spacial score (nSPS) is 27.5. The van der Waals surface area contributed by atoms with Gasteiger partial charge in [0.1, 0.15) is 5.60 Å². The molecule has 1 aromatic rings. The number of hydroxylamine groups is 2. The van der Waals surface area contributed by atoms with Crippen molar-refractivity contribution in [2.24, 2.45) is 5.92 Å². The van der Waals surface area contributed by atoms with E-state index < -0.39 is 29.5 Å². The number of imide groups is 1. The zero-order chi connectivity index (χ0) is 22.4. The summed E-state index contributed by atoms with van der Waals surface area (Å²) in [7, 11) is 0. The average Bonchev–Trinajstić information content (AvgIpc) is 2.90. The number of thioether (sulfide) groups is 1. The third kappa shape index (κ3) is 4.42. The van der Waals surface area contributed by atoms with Gasteiger partial charge in [-0.3, -0.25) is 9.59 Å².